The lowest BCUT2D eigenvalue weighted by Crippen LogP contribution is -2.31. The van der Waals surface area contributed by atoms with Gasteiger partial charge in [-0.1, -0.05) is 6.92 Å². The first-order valence-electron chi connectivity index (χ1n) is 5.65. The molecule has 1 N–H and O–H groups in total. The molecule has 0 amide bonds. The summed E-state index contributed by atoms with van der Waals surface area (Å²) in [4.78, 5) is 0. The summed E-state index contributed by atoms with van der Waals surface area (Å²) in [5.74, 6) is 0. The third-order valence-electron chi connectivity index (χ3n) is 2.71. The van der Waals surface area contributed by atoms with Crippen molar-refractivity contribution in [2.24, 2.45) is 0 Å². The van der Waals surface area contributed by atoms with Gasteiger partial charge in [0.05, 0.1) is 18.8 Å². The Bertz CT molecular complexity index is 369. The minimum atomic E-state index is -4.15. The van der Waals surface area contributed by atoms with Gasteiger partial charge in [-0.3, -0.25) is 4.68 Å². The van der Waals surface area contributed by atoms with Gasteiger partial charge in [0, 0.05) is 12.2 Å². The lowest BCUT2D eigenvalue weighted by molar-refractivity contribution is -0.124. The van der Waals surface area contributed by atoms with E-state index in [4.69, 9.17) is 0 Å². The standard InChI is InChI=1S/C11H18F3N3/c1-4-10-8(2)16-17(9(10)3)6-5-15-7-11(12,13)14/h15H,4-7H2,1-3H3. The van der Waals surface area contributed by atoms with Gasteiger partial charge in [0.15, 0.2) is 0 Å². The van der Waals surface area contributed by atoms with E-state index >= 15 is 0 Å². The van der Waals surface area contributed by atoms with Gasteiger partial charge in [-0.25, -0.2) is 0 Å². The van der Waals surface area contributed by atoms with E-state index in [1.165, 1.54) is 5.56 Å². The van der Waals surface area contributed by atoms with Gasteiger partial charge in [-0.2, -0.15) is 18.3 Å². The van der Waals surface area contributed by atoms with E-state index in [0.29, 0.717) is 6.54 Å². The summed E-state index contributed by atoms with van der Waals surface area (Å²) in [7, 11) is 0. The van der Waals surface area contributed by atoms with Crippen LogP contribution >= 0.6 is 0 Å². The highest BCUT2D eigenvalue weighted by molar-refractivity contribution is 5.24. The summed E-state index contributed by atoms with van der Waals surface area (Å²) >= 11 is 0. The van der Waals surface area contributed by atoms with E-state index in [1.54, 1.807) is 4.68 Å². The molecule has 1 aromatic heterocycles. The molecule has 0 aliphatic rings. The quantitative estimate of drug-likeness (QED) is 0.811. The zero-order valence-corrected chi connectivity index (χ0v) is 10.4. The molecule has 98 valence electrons. The third kappa shape index (κ3) is 4.03. The third-order valence-corrected chi connectivity index (χ3v) is 2.71. The number of halogens is 3. The predicted molar refractivity (Wildman–Crippen MR) is 60.0 cm³/mol. The van der Waals surface area contributed by atoms with Crippen molar-refractivity contribution >= 4 is 0 Å². The van der Waals surface area contributed by atoms with Crippen LogP contribution in [0.5, 0.6) is 0 Å². The van der Waals surface area contributed by atoms with Crippen LogP contribution in [0.4, 0.5) is 13.2 Å². The van der Waals surface area contributed by atoms with Crippen molar-refractivity contribution < 1.29 is 13.2 Å². The second-order valence-electron chi connectivity index (χ2n) is 4.02. The molecule has 17 heavy (non-hydrogen) atoms. The minimum Gasteiger partial charge on any atom is -0.307 e. The SMILES string of the molecule is CCc1c(C)nn(CCNCC(F)(F)F)c1C. The molecule has 0 bridgehead atoms. The van der Waals surface area contributed by atoms with Gasteiger partial charge in [0.1, 0.15) is 0 Å². The first-order valence-corrected chi connectivity index (χ1v) is 5.65. The van der Waals surface area contributed by atoms with E-state index in [1.807, 2.05) is 20.8 Å². The van der Waals surface area contributed by atoms with Crippen LogP contribution in [0.15, 0.2) is 0 Å². The molecule has 0 fully saturated rings. The average Bonchev–Trinajstić information content (AvgIpc) is 2.47. The summed E-state index contributed by atoms with van der Waals surface area (Å²) in [6.45, 7) is 5.69. The molecule has 0 spiro atoms. The lowest BCUT2D eigenvalue weighted by atomic mass is 10.1. The van der Waals surface area contributed by atoms with E-state index in [2.05, 4.69) is 10.4 Å². The largest absolute Gasteiger partial charge is 0.401 e. The van der Waals surface area contributed by atoms with Gasteiger partial charge in [-0.15, -0.1) is 0 Å². The highest BCUT2D eigenvalue weighted by Crippen LogP contribution is 2.14. The Balaban J connectivity index is 2.47. The second kappa shape index (κ2) is 5.53. The Kier molecular flexibility index (Phi) is 4.56. The van der Waals surface area contributed by atoms with Gasteiger partial charge in [-0.05, 0) is 25.8 Å². The summed E-state index contributed by atoms with van der Waals surface area (Å²) in [5, 5.41) is 6.67. The Morgan fingerprint density at radius 3 is 2.41 bits per heavy atom. The van der Waals surface area contributed by atoms with Crippen molar-refractivity contribution in [3.8, 4) is 0 Å². The summed E-state index contributed by atoms with van der Waals surface area (Å²) in [6, 6.07) is 0. The van der Waals surface area contributed by atoms with Gasteiger partial charge < -0.3 is 5.32 Å². The van der Waals surface area contributed by atoms with Gasteiger partial charge in [0.2, 0.25) is 0 Å². The molecule has 1 rings (SSSR count). The van der Waals surface area contributed by atoms with Gasteiger partial charge in [0.25, 0.3) is 0 Å². The van der Waals surface area contributed by atoms with Crippen molar-refractivity contribution in [2.45, 2.75) is 39.9 Å². The van der Waals surface area contributed by atoms with Crippen molar-refractivity contribution in [1.29, 1.82) is 0 Å². The van der Waals surface area contributed by atoms with Crippen LogP contribution in [-0.2, 0) is 13.0 Å². The molecule has 0 atom stereocenters. The predicted octanol–water partition coefficient (Wildman–Crippen LogP) is 2.21. The van der Waals surface area contributed by atoms with Crippen molar-refractivity contribution in [3.63, 3.8) is 0 Å². The molecule has 0 radical (unpaired) electrons. The normalized spacial score (nSPS) is 12.1. The fraction of sp³-hybridized carbons (Fsp3) is 0.727. The highest BCUT2D eigenvalue weighted by atomic mass is 19.4. The molecule has 0 aliphatic heterocycles. The maximum absolute atomic E-state index is 11.9. The molecular formula is C11H18F3N3. The van der Waals surface area contributed by atoms with E-state index in [9.17, 15) is 13.2 Å². The van der Waals surface area contributed by atoms with Gasteiger partial charge >= 0.3 is 6.18 Å². The topological polar surface area (TPSA) is 29.9 Å². The molecule has 0 aliphatic carbocycles. The summed E-state index contributed by atoms with van der Waals surface area (Å²) < 4.78 is 37.5. The van der Waals surface area contributed by atoms with Crippen molar-refractivity contribution in [1.82, 2.24) is 15.1 Å². The fourth-order valence-electron chi connectivity index (χ4n) is 1.88. The monoisotopic (exact) mass is 249 g/mol. The van der Waals surface area contributed by atoms with Crippen LogP contribution in [0, 0.1) is 13.8 Å². The summed E-state index contributed by atoms with van der Waals surface area (Å²) in [5.41, 5.74) is 3.18. The fourth-order valence-corrected chi connectivity index (χ4v) is 1.88. The number of nitrogens with zero attached hydrogens (tertiary/aromatic N) is 2. The average molecular weight is 249 g/mol. The smallest absolute Gasteiger partial charge is 0.307 e. The number of rotatable bonds is 5. The van der Waals surface area contributed by atoms with Crippen LogP contribution in [0.25, 0.3) is 0 Å². The molecule has 3 nitrogen and oxygen atoms in total. The van der Waals surface area contributed by atoms with Crippen molar-refractivity contribution in [2.75, 3.05) is 13.1 Å². The highest BCUT2D eigenvalue weighted by Gasteiger charge is 2.25. The summed E-state index contributed by atoms with van der Waals surface area (Å²) in [6.07, 6.45) is -3.25. The number of hydrogen-bond donors (Lipinski definition) is 1. The first kappa shape index (κ1) is 14.0. The Hall–Kier alpha value is -1.04. The number of aromatic nitrogens is 2. The molecule has 6 heteroatoms. The van der Waals surface area contributed by atoms with E-state index in [-0.39, 0.29) is 6.54 Å². The zero-order valence-electron chi connectivity index (χ0n) is 10.4. The number of alkyl halides is 3. The molecule has 1 aromatic rings. The van der Waals surface area contributed by atoms with E-state index in [0.717, 1.165) is 17.8 Å². The molecule has 0 unspecified atom stereocenters. The van der Waals surface area contributed by atoms with Crippen LogP contribution in [-0.4, -0.2) is 29.0 Å². The van der Waals surface area contributed by atoms with Crippen LogP contribution < -0.4 is 5.32 Å². The minimum absolute atomic E-state index is 0.268. The zero-order chi connectivity index (χ0) is 13.1. The first-order chi connectivity index (χ1) is 7.85. The van der Waals surface area contributed by atoms with Crippen LogP contribution in [0.3, 0.4) is 0 Å². The van der Waals surface area contributed by atoms with E-state index < -0.39 is 12.7 Å². The second-order valence-corrected chi connectivity index (χ2v) is 4.02. The Morgan fingerprint density at radius 1 is 1.29 bits per heavy atom. The number of hydrogen-bond acceptors (Lipinski definition) is 2. The lowest BCUT2D eigenvalue weighted by Gasteiger charge is -2.09. The molecule has 0 saturated heterocycles. The molecule has 0 aromatic carbocycles. The number of nitrogens with one attached hydrogen (secondary N) is 1. The molecular weight excluding hydrogens is 231 g/mol. The van der Waals surface area contributed by atoms with Crippen LogP contribution in [0.1, 0.15) is 23.9 Å². The van der Waals surface area contributed by atoms with Crippen molar-refractivity contribution in [3.05, 3.63) is 17.0 Å². The maximum atomic E-state index is 11.9. The molecule has 1 heterocycles. The molecule has 0 saturated carbocycles. The maximum Gasteiger partial charge on any atom is 0.401 e. The number of aryl methyl sites for hydroxylation is 1. The Morgan fingerprint density at radius 2 is 1.94 bits per heavy atom. The van der Waals surface area contributed by atoms with Crippen LogP contribution in [0.2, 0.25) is 0 Å². The Labute approximate surface area is 99.0 Å².